The van der Waals surface area contributed by atoms with Crippen molar-refractivity contribution in [2.45, 2.75) is 32.7 Å². The predicted molar refractivity (Wildman–Crippen MR) is 78.9 cm³/mol. The molecule has 0 saturated heterocycles. The number of urea groups is 1. The molecule has 0 bridgehead atoms. The number of carboxylic acids is 1. The summed E-state index contributed by atoms with van der Waals surface area (Å²) in [4.78, 5) is 24.4. The highest BCUT2D eigenvalue weighted by atomic mass is 16.4. The minimum atomic E-state index is -0.949. The molecule has 0 unspecified atom stereocenters. The van der Waals surface area contributed by atoms with Crippen LogP contribution in [0.25, 0.3) is 0 Å². The number of nitriles is 1. The van der Waals surface area contributed by atoms with E-state index in [0.717, 1.165) is 0 Å². The Hall–Kier alpha value is -2.55. The van der Waals surface area contributed by atoms with Gasteiger partial charge in [0.1, 0.15) is 0 Å². The van der Waals surface area contributed by atoms with Gasteiger partial charge < -0.3 is 15.3 Å². The van der Waals surface area contributed by atoms with Crippen molar-refractivity contribution in [3.63, 3.8) is 0 Å². The van der Waals surface area contributed by atoms with E-state index in [4.69, 9.17) is 10.4 Å². The second kappa shape index (κ2) is 6.75. The molecule has 2 amide bonds. The van der Waals surface area contributed by atoms with Gasteiger partial charge in [0.2, 0.25) is 0 Å². The molecular weight excluding hydrogens is 270 g/mol. The Labute approximate surface area is 124 Å². The predicted octanol–water partition coefficient (Wildman–Crippen LogP) is 2.67. The van der Waals surface area contributed by atoms with Gasteiger partial charge in [0, 0.05) is 17.8 Å². The fraction of sp³-hybridized carbons (Fsp3) is 0.400. The molecular formula is C15H19N3O3. The molecule has 0 radical (unpaired) electrons. The zero-order valence-electron chi connectivity index (χ0n) is 12.4. The first-order valence-corrected chi connectivity index (χ1v) is 6.54. The summed E-state index contributed by atoms with van der Waals surface area (Å²) in [5.41, 5.74) is 0.571. The van der Waals surface area contributed by atoms with E-state index in [1.165, 1.54) is 4.90 Å². The second-order valence-corrected chi connectivity index (χ2v) is 5.59. The van der Waals surface area contributed by atoms with E-state index in [-0.39, 0.29) is 19.0 Å². The number of nitrogens with one attached hydrogen (secondary N) is 1. The molecule has 0 aliphatic rings. The van der Waals surface area contributed by atoms with Crippen LogP contribution in [0.15, 0.2) is 24.3 Å². The molecule has 0 spiro atoms. The quantitative estimate of drug-likeness (QED) is 0.891. The lowest BCUT2D eigenvalue weighted by Crippen LogP contribution is -2.48. The molecule has 0 aliphatic heterocycles. The lowest BCUT2D eigenvalue weighted by Gasteiger charge is -2.35. The Kier molecular flexibility index (Phi) is 5.30. The minimum Gasteiger partial charge on any atom is -0.481 e. The number of carbonyl (C=O) groups is 2. The van der Waals surface area contributed by atoms with Crippen molar-refractivity contribution in [1.82, 2.24) is 4.90 Å². The average Bonchev–Trinajstić information content (AvgIpc) is 2.37. The number of carboxylic acid groups (broad SMARTS) is 1. The zero-order chi connectivity index (χ0) is 16.0. The molecule has 1 aromatic rings. The van der Waals surface area contributed by atoms with Gasteiger partial charge in [0.25, 0.3) is 0 Å². The standard InChI is InChI=1S/C15H19N3O3/c1-15(2,3)18(9-8-13(19)20)14(21)17-12-6-4-11(10-16)5-7-12/h4-7H,8-9H2,1-3H3,(H,17,21)(H,19,20). The fourth-order valence-electron chi connectivity index (χ4n) is 1.77. The topological polar surface area (TPSA) is 93.4 Å². The van der Waals surface area contributed by atoms with Crippen LogP contribution in [0.3, 0.4) is 0 Å². The molecule has 1 rings (SSSR count). The van der Waals surface area contributed by atoms with Crippen molar-refractivity contribution in [1.29, 1.82) is 5.26 Å². The molecule has 0 aromatic heterocycles. The molecule has 2 N–H and O–H groups in total. The van der Waals surface area contributed by atoms with Crippen molar-refractivity contribution in [2.75, 3.05) is 11.9 Å². The molecule has 112 valence electrons. The summed E-state index contributed by atoms with van der Waals surface area (Å²) >= 11 is 0. The van der Waals surface area contributed by atoms with E-state index in [2.05, 4.69) is 5.32 Å². The lowest BCUT2D eigenvalue weighted by atomic mass is 10.1. The summed E-state index contributed by atoms with van der Waals surface area (Å²) in [6, 6.07) is 8.11. The Morgan fingerprint density at radius 2 is 1.86 bits per heavy atom. The molecule has 0 atom stereocenters. The summed E-state index contributed by atoms with van der Waals surface area (Å²) in [6.07, 6.45) is -0.113. The molecule has 0 fully saturated rings. The Balaban J connectivity index is 2.80. The van der Waals surface area contributed by atoms with Crippen LogP contribution in [0.5, 0.6) is 0 Å². The first-order valence-electron chi connectivity index (χ1n) is 6.54. The summed E-state index contributed by atoms with van der Waals surface area (Å²) in [6.45, 7) is 5.65. The number of anilines is 1. The minimum absolute atomic E-state index is 0.113. The van der Waals surface area contributed by atoms with Gasteiger partial charge in [0.05, 0.1) is 18.1 Å². The van der Waals surface area contributed by atoms with Gasteiger partial charge in [-0.2, -0.15) is 5.26 Å². The van der Waals surface area contributed by atoms with E-state index in [1.807, 2.05) is 26.8 Å². The van der Waals surface area contributed by atoms with E-state index in [9.17, 15) is 9.59 Å². The van der Waals surface area contributed by atoms with Crippen molar-refractivity contribution in [3.8, 4) is 6.07 Å². The largest absolute Gasteiger partial charge is 0.481 e. The number of benzene rings is 1. The van der Waals surface area contributed by atoms with Gasteiger partial charge in [-0.05, 0) is 45.0 Å². The molecule has 6 nitrogen and oxygen atoms in total. The van der Waals surface area contributed by atoms with E-state index in [1.54, 1.807) is 24.3 Å². The van der Waals surface area contributed by atoms with Crippen LogP contribution in [-0.2, 0) is 4.79 Å². The third-order valence-electron chi connectivity index (χ3n) is 2.87. The maximum atomic E-state index is 12.3. The molecule has 1 aromatic carbocycles. The molecule has 21 heavy (non-hydrogen) atoms. The SMILES string of the molecule is CC(C)(C)N(CCC(=O)O)C(=O)Nc1ccc(C#N)cc1. The van der Waals surface area contributed by atoms with Crippen molar-refractivity contribution < 1.29 is 14.7 Å². The van der Waals surface area contributed by atoms with Gasteiger partial charge in [-0.25, -0.2) is 4.79 Å². The Bertz CT molecular complexity index is 553. The molecule has 6 heteroatoms. The number of rotatable bonds is 4. The maximum absolute atomic E-state index is 12.3. The van der Waals surface area contributed by atoms with Crippen LogP contribution < -0.4 is 5.32 Å². The van der Waals surface area contributed by atoms with E-state index in [0.29, 0.717) is 11.3 Å². The van der Waals surface area contributed by atoms with Crippen LogP contribution in [-0.4, -0.2) is 34.1 Å². The number of hydrogen-bond donors (Lipinski definition) is 2. The highest BCUT2D eigenvalue weighted by Crippen LogP contribution is 2.17. The van der Waals surface area contributed by atoms with Crippen LogP contribution >= 0.6 is 0 Å². The highest BCUT2D eigenvalue weighted by molar-refractivity contribution is 5.90. The molecule has 0 heterocycles. The number of amides is 2. The summed E-state index contributed by atoms with van der Waals surface area (Å²) in [7, 11) is 0. The first kappa shape index (κ1) is 16.5. The average molecular weight is 289 g/mol. The normalized spacial score (nSPS) is 10.6. The Morgan fingerprint density at radius 1 is 1.29 bits per heavy atom. The van der Waals surface area contributed by atoms with Gasteiger partial charge in [0.15, 0.2) is 0 Å². The third kappa shape index (κ3) is 5.15. The smallest absolute Gasteiger partial charge is 0.322 e. The molecule has 0 saturated carbocycles. The maximum Gasteiger partial charge on any atom is 0.322 e. The third-order valence-corrected chi connectivity index (χ3v) is 2.87. The van der Waals surface area contributed by atoms with E-state index < -0.39 is 11.5 Å². The van der Waals surface area contributed by atoms with Crippen molar-refractivity contribution in [2.24, 2.45) is 0 Å². The van der Waals surface area contributed by atoms with Crippen molar-refractivity contribution in [3.05, 3.63) is 29.8 Å². The number of aliphatic carboxylic acids is 1. The Morgan fingerprint density at radius 3 is 2.29 bits per heavy atom. The number of hydrogen-bond acceptors (Lipinski definition) is 3. The molecule has 0 aliphatic carbocycles. The van der Waals surface area contributed by atoms with Gasteiger partial charge in [-0.15, -0.1) is 0 Å². The summed E-state index contributed by atoms with van der Waals surface area (Å²) in [5.74, 6) is -0.949. The first-order chi connectivity index (χ1) is 9.74. The fourth-order valence-corrected chi connectivity index (χ4v) is 1.77. The monoisotopic (exact) mass is 289 g/mol. The lowest BCUT2D eigenvalue weighted by molar-refractivity contribution is -0.137. The van der Waals surface area contributed by atoms with Gasteiger partial charge in [-0.1, -0.05) is 0 Å². The zero-order valence-corrected chi connectivity index (χ0v) is 12.4. The number of nitrogens with zero attached hydrogens (tertiary/aromatic N) is 2. The highest BCUT2D eigenvalue weighted by Gasteiger charge is 2.26. The second-order valence-electron chi connectivity index (χ2n) is 5.59. The van der Waals surface area contributed by atoms with Crippen LogP contribution in [0.4, 0.5) is 10.5 Å². The van der Waals surface area contributed by atoms with Gasteiger partial charge >= 0.3 is 12.0 Å². The van der Waals surface area contributed by atoms with Crippen LogP contribution in [0.1, 0.15) is 32.8 Å². The summed E-state index contributed by atoms with van der Waals surface area (Å²) < 4.78 is 0. The summed E-state index contributed by atoms with van der Waals surface area (Å²) in [5, 5.41) is 20.2. The van der Waals surface area contributed by atoms with E-state index >= 15 is 0 Å². The van der Waals surface area contributed by atoms with Gasteiger partial charge in [-0.3, -0.25) is 4.79 Å². The van der Waals surface area contributed by atoms with Crippen LogP contribution in [0, 0.1) is 11.3 Å². The van der Waals surface area contributed by atoms with Crippen molar-refractivity contribution >= 4 is 17.7 Å². The van der Waals surface area contributed by atoms with Crippen LogP contribution in [0.2, 0.25) is 0 Å². The number of carbonyl (C=O) groups excluding carboxylic acids is 1.